The van der Waals surface area contributed by atoms with E-state index in [1.165, 1.54) is 18.9 Å². The average Bonchev–Trinajstić information content (AvgIpc) is 2.95. The lowest BCUT2D eigenvalue weighted by atomic mass is 9.78. The molecule has 3 N–H and O–H groups in total. The number of carbonyl (C=O) groups excluding carboxylic acids is 1. The fourth-order valence-electron chi connectivity index (χ4n) is 3.59. The number of hydrogen-bond donors (Lipinski definition) is 3. The van der Waals surface area contributed by atoms with E-state index in [0.29, 0.717) is 27.9 Å². The number of halogens is 1. The van der Waals surface area contributed by atoms with Gasteiger partial charge in [0.2, 0.25) is 0 Å². The van der Waals surface area contributed by atoms with Crippen LogP contribution in [0, 0.1) is 24.6 Å². The third-order valence-corrected chi connectivity index (χ3v) is 5.65. The summed E-state index contributed by atoms with van der Waals surface area (Å²) in [5.74, 6) is 0.245. The Hall–Kier alpha value is -2.15. The van der Waals surface area contributed by atoms with Gasteiger partial charge in [-0.1, -0.05) is 38.8 Å². The largest absolute Gasteiger partial charge is 0.447 e. The van der Waals surface area contributed by atoms with Crippen molar-refractivity contribution in [2.24, 2.45) is 11.8 Å². The minimum atomic E-state index is -0.493. The van der Waals surface area contributed by atoms with Crippen LogP contribution in [-0.4, -0.2) is 17.1 Å². The zero-order valence-electron chi connectivity index (χ0n) is 15.2. The fourth-order valence-corrected chi connectivity index (χ4v) is 3.79. The van der Waals surface area contributed by atoms with Gasteiger partial charge in [-0.2, -0.15) is 0 Å². The molecule has 0 saturated heterocycles. The number of aryl methyl sites for hydroxylation is 1. The highest BCUT2D eigenvalue weighted by atomic mass is 32.1. The van der Waals surface area contributed by atoms with Gasteiger partial charge in [-0.15, -0.1) is 0 Å². The summed E-state index contributed by atoms with van der Waals surface area (Å²) in [7, 11) is 0. The summed E-state index contributed by atoms with van der Waals surface area (Å²) in [6.07, 6.45) is 3.46. The monoisotopic (exact) mass is 377 g/mol. The van der Waals surface area contributed by atoms with Crippen LogP contribution in [0.4, 0.5) is 4.39 Å². The summed E-state index contributed by atoms with van der Waals surface area (Å²) in [6, 6.07) is 4.90. The molecule has 140 valence electrons. The van der Waals surface area contributed by atoms with Gasteiger partial charge in [0.25, 0.3) is 0 Å². The lowest BCUT2D eigenvalue weighted by Crippen LogP contribution is -2.52. The predicted octanol–water partition coefficient (Wildman–Crippen LogP) is 3.81. The second-order valence-electron chi connectivity index (χ2n) is 7.10. The van der Waals surface area contributed by atoms with Crippen molar-refractivity contribution in [2.45, 2.75) is 46.1 Å². The summed E-state index contributed by atoms with van der Waals surface area (Å²) in [5.41, 5.74) is 5.92. The first kappa shape index (κ1) is 18.6. The summed E-state index contributed by atoms with van der Waals surface area (Å²) in [5, 5.41) is 4.22. The Labute approximate surface area is 157 Å². The molecule has 1 aromatic heterocycles. The second-order valence-corrected chi connectivity index (χ2v) is 7.51. The van der Waals surface area contributed by atoms with Crippen LogP contribution in [0.1, 0.15) is 49.2 Å². The molecule has 7 heteroatoms. The van der Waals surface area contributed by atoms with E-state index in [2.05, 4.69) is 30.0 Å². The highest BCUT2D eigenvalue weighted by Gasteiger charge is 2.27. The van der Waals surface area contributed by atoms with Gasteiger partial charge >= 0.3 is 5.91 Å². The van der Waals surface area contributed by atoms with E-state index in [1.54, 1.807) is 19.1 Å². The average molecular weight is 377 g/mol. The summed E-state index contributed by atoms with van der Waals surface area (Å²) in [6.45, 7) is 6.19. The number of hydrazine groups is 1. The number of hydrogen-bond acceptors (Lipinski definition) is 3. The van der Waals surface area contributed by atoms with E-state index < -0.39 is 11.7 Å². The van der Waals surface area contributed by atoms with Gasteiger partial charge in [-0.3, -0.25) is 15.6 Å². The maximum absolute atomic E-state index is 13.8. The van der Waals surface area contributed by atoms with Crippen LogP contribution < -0.4 is 16.2 Å². The SMILES string of the molecule is Cc1c(C(=O)NNC(=S)N[C@@H]2CCC[C@H](C)[C@@H]2C)oc2c(F)cccc12. The molecule has 1 amide bonds. The van der Waals surface area contributed by atoms with Crippen LogP contribution in [0.15, 0.2) is 22.6 Å². The topological polar surface area (TPSA) is 66.3 Å². The van der Waals surface area contributed by atoms with Gasteiger partial charge < -0.3 is 9.73 Å². The molecule has 5 nitrogen and oxygen atoms in total. The normalized spacial score (nSPS) is 22.8. The molecule has 2 aromatic rings. The molecule has 1 saturated carbocycles. The van der Waals surface area contributed by atoms with Crippen molar-refractivity contribution in [1.29, 1.82) is 0 Å². The number of rotatable bonds is 2. The highest BCUT2D eigenvalue weighted by molar-refractivity contribution is 7.80. The second kappa shape index (κ2) is 7.61. The molecule has 1 aliphatic carbocycles. The van der Waals surface area contributed by atoms with Crippen LogP contribution in [0.5, 0.6) is 0 Å². The van der Waals surface area contributed by atoms with Crippen molar-refractivity contribution in [3.63, 3.8) is 0 Å². The molecule has 1 heterocycles. The Morgan fingerprint density at radius 1 is 1.27 bits per heavy atom. The number of amides is 1. The zero-order valence-corrected chi connectivity index (χ0v) is 16.0. The molecule has 26 heavy (non-hydrogen) atoms. The number of furan rings is 1. The third kappa shape index (κ3) is 3.67. The number of benzene rings is 1. The lowest BCUT2D eigenvalue weighted by molar-refractivity contribution is 0.0916. The number of nitrogens with one attached hydrogen (secondary N) is 3. The molecular weight excluding hydrogens is 353 g/mol. The van der Waals surface area contributed by atoms with Crippen molar-refractivity contribution >= 4 is 34.2 Å². The quantitative estimate of drug-likeness (QED) is 0.549. The van der Waals surface area contributed by atoms with Crippen LogP contribution >= 0.6 is 12.2 Å². The molecule has 0 bridgehead atoms. The molecule has 0 aliphatic heterocycles. The molecular formula is C19H24FN3O2S. The zero-order chi connectivity index (χ0) is 18.8. The number of thiocarbonyl (C=S) groups is 1. The van der Waals surface area contributed by atoms with Crippen LogP contribution in [0.25, 0.3) is 11.0 Å². The molecule has 0 unspecified atom stereocenters. The Balaban J connectivity index is 1.61. The first-order chi connectivity index (χ1) is 12.4. The molecule has 0 radical (unpaired) electrons. The highest BCUT2D eigenvalue weighted by Crippen LogP contribution is 2.29. The molecule has 3 rings (SSSR count). The minimum absolute atomic E-state index is 0.0695. The number of carbonyl (C=O) groups is 1. The van der Waals surface area contributed by atoms with Gasteiger partial charge in [0.05, 0.1) is 0 Å². The minimum Gasteiger partial charge on any atom is -0.447 e. The van der Waals surface area contributed by atoms with Crippen molar-refractivity contribution < 1.29 is 13.6 Å². The number of para-hydroxylation sites is 1. The van der Waals surface area contributed by atoms with Gasteiger partial charge in [0, 0.05) is 17.0 Å². The van der Waals surface area contributed by atoms with E-state index in [0.717, 1.165) is 6.42 Å². The van der Waals surface area contributed by atoms with Crippen molar-refractivity contribution in [2.75, 3.05) is 0 Å². The van der Waals surface area contributed by atoms with Crippen molar-refractivity contribution in [3.8, 4) is 0 Å². The van der Waals surface area contributed by atoms with E-state index in [-0.39, 0.29) is 17.4 Å². The first-order valence-electron chi connectivity index (χ1n) is 8.93. The van der Waals surface area contributed by atoms with Crippen molar-refractivity contribution in [1.82, 2.24) is 16.2 Å². The van der Waals surface area contributed by atoms with Gasteiger partial charge in [-0.25, -0.2) is 4.39 Å². The summed E-state index contributed by atoms with van der Waals surface area (Å²) >= 11 is 5.29. The summed E-state index contributed by atoms with van der Waals surface area (Å²) in [4.78, 5) is 12.4. The predicted molar refractivity (Wildman–Crippen MR) is 103 cm³/mol. The maximum Gasteiger partial charge on any atom is 0.305 e. The Bertz CT molecular complexity index is 836. The van der Waals surface area contributed by atoms with Gasteiger partial charge in [0.15, 0.2) is 22.3 Å². The first-order valence-corrected chi connectivity index (χ1v) is 9.33. The van der Waals surface area contributed by atoms with Crippen LogP contribution in [-0.2, 0) is 0 Å². The van der Waals surface area contributed by atoms with Crippen molar-refractivity contribution in [3.05, 3.63) is 35.3 Å². The van der Waals surface area contributed by atoms with E-state index >= 15 is 0 Å². The van der Waals surface area contributed by atoms with Gasteiger partial charge in [0.1, 0.15) is 0 Å². The van der Waals surface area contributed by atoms with E-state index in [1.807, 2.05) is 0 Å². The Kier molecular flexibility index (Phi) is 5.46. The Morgan fingerprint density at radius 2 is 2.04 bits per heavy atom. The fraction of sp³-hybridized carbons (Fsp3) is 0.474. The Morgan fingerprint density at radius 3 is 2.77 bits per heavy atom. The van der Waals surface area contributed by atoms with E-state index in [9.17, 15) is 9.18 Å². The molecule has 3 atom stereocenters. The standard InChI is InChI=1S/C19H24FN3O2S/c1-10-6-4-9-15(11(10)2)21-19(26)23-22-18(24)16-12(3)13-7-5-8-14(20)17(13)25-16/h5,7-8,10-11,15H,4,6,9H2,1-3H3,(H,22,24)(H2,21,23,26)/t10-,11-,15+/m0/s1. The summed E-state index contributed by atoms with van der Waals surface area (Å²) < 4.78 is 19.2. The molecule has 0 spiro atoms. The van der Waals surface area contributed by atoms with E-state index in [4.69, 9.17) is 16.6 Å². The van der Waals surface area contributed by atoms with Crippen LogP contribution in [0.3, 0.4) is 0 Å². The molecule has 1 aromatic carbocycles. The third-order valence-electron chi connectivity index (χ3n) is 5.43. The molecule has 1 aliphatic rings. The lowest BCUT2D eigenvalue weighted by Gasteiger charge is -2.35. The van der Waals surface area contributed by atoms with Crippen LogP contribution in [0.2, 0.25) is 0 Å². The smallest absolute Gasteiger partial charge is 0.305 e. The maximum atomic E-state index is 13.8. The van der Waals surface area contributed by atoms with Gasteiger partial charge in [-0.05, 0) is 43.5 Å². The molecule has 1 fully saturated rings. The number of fused-ring (bicyclic) bond motifs is 1.